The molecule has 0 radical (unpaired) electrons. The summed E-state index contributed by atoms with van der Waals surface area (Å²) in [6.07, 6.45) is 13.7. The maximum atomic E-state index is 4.19. The van der Waals surface area contributed by atoms with Crippen LogP contribution in [-0.2, 0) is 19.5 Å². The van der Waals surface area contributed by atoms with Crippen LogP contribution in [0.4, 0.5) is 0 Å². The summed E-state index contributed by atoms with van der Waals surface area (Å²) in [6.45, 7) is 0. The summed E-state index contributed by atoms with van der Waals surface area (Å²) < 4.78 is 0. The van der Waals surface area contributed by atoms with E-state index in [0.717, 1.165) is 22.8 Å². The van der Waals surface area contributed by atoms with E-state index in [-0.39, 0.29) is 19.5 Å². The van der Waals surface area contributed by atoms with Crippen LogP contribution in [0.25, 0.3) is 34.4 Å². The standard InChI is InChI=1S/2C10H8N2.C8H6N4.Ru/c2*1-3-7-11-9(5-1)10-6-2-4-8-12-10;1-3-9-7(10-4-1)8-11-5-2-6-12-8;/h2*1-8H;1-6H;/q;;;+2. The Labute approximate surface area is 227 Å². The number of hydrogen-bond donors (Lipinski definition) is 0. The minimum Gasteiger partial charge on any atom is -0.255 e. The molecule has 0 aliphatic rings. The zero-order valence-corrected chi connectivity index (χ0v) is 21.4. The molecule has 0 saturated carbocycles. The molecule has 37 heavy (non-hydrogen) atoms. The molecule has 0 spiro atoms. The topological polar surface area (TPSA) is 103 Å². The smallest absolute Gasteiger partial charge is 0.255 e. The van der Waals surface area contributed by atoms with Gasteiger partial charge >= 0.3 is 19.5 Å². The quantitative estimate of drug-likeness (QED) is 0.267. The molecule has 6 aromatic rings. The van der Waals surface area contributed by atoms with Gasteiger partial charge in [0.2, 0.25) is 0 Å². The van der Waals surface area contributed by atoms with Crippen molar-refractivity contribution in [3.8, 4) is 34.4 Å². The molecular weight excluding hydrogens is 549 g/mol. The van der Waals surface area contributed by atoms with E-state index in [1.807, 2.05) is 72.8 Å². The minimum atomic E-state index is 0. The number of pyridine rings is 4. The largest absolute Gasteiger partial charge is 2.00 e. The average molecular weight is 572 g/mol. The molecule has 0 bridgehead atoms. The SMILES string of the molecule is [Ru+2].c1ccc(-c2ccccn2)nc1.c1ccc(-c2ccccn2)nc1.c1cnc(-c2ncccn2)nc1. The zero-order chi connectivity index (χ0) is 24.7. The Morgan fingerprint density at radius 3 is 0.730 bits per heavy atom. The Morgan fingerprint density at radius 2 is 0.514 bits per heavy atom. The molecule has 180 valence electrons. The summed E-state index contributed by atoms with van der Waals surface area (Å²) in [5.41, 5.74) is 3.66. The van der Waals surface area contributed by atoms with Gasteiger partial charge in [0.25, 0.3) is 0 Å². The van der Waals surface area contributed by atoms with E-state index in [4.69, 9.17) is 0 Å². The van der Waals surface area contributed by atoms with Gasteiger partial charge in [0, 0.05) is 49.6 Å². The molecule has 0 aliphatic carbocycles. The Bertz CT molecular complexity index is 1100. The molecule has 0 aromatic carbocycles. The number of hydrogen-bond acceptors (Lipinski definition) is 8. The Balaban J connectivity index is 0.000000152. The fraction of sp³-hybridized carbons (Fsp3) is 0. The van der Waals surface area contributed by atoms with Crippen molar-refractivity contribution in [2.24, 2.45) is 0 Å². The van der Waals surface area contributed by atoms with Crippen molar-refractivity contribution in [2.45, 2.75) is 0 Å². The summed E-state index contributed by atoms with van der Waals surface area (Å²) >= 11 is 0. The first kappa shape index (κ1) is 27.0. The third-order valence-electron chi connectivity index (χ3n) is 4.52. The second kappa shape index (κ2) is 15.4. The van der Waals surface area contributed by atoms with E-state index in [1.54, 1.807) is 61.7 Å². The molecule has 0 fully saturated rings. The first-order chi connectivity index (χ1) is 17.9. The minimum absolute atomic E-state index is 0. The van der Waals surface area contributed by atoms with Crippen molar-refractivity contribution >= 4 is 0 Å². The van der Waals surface area contributed by atoms with E-state index in [0.29, 0.717) is 11.6 Å². The molecule has 6 rings (SSSR count). The predicted octanol–water partition coefficient (Wildman–Crippen LogP) is 5.22. The van der Waals surface area contributed by atoms with Gasteiger partial charge in [-0.1, -0.05) is 24.3 Å². The van der Waals surface area contributed by atoms with Gasteiger partial charge in [0.1, 0.15) is 0 Å². The van der Waals surface area contributed by atoms with Gasteiger partial charge in [0.05, 0.1) is 22.8 Å². The van der Waals surface area contributed by atoms with Crippen LogP contribution in [0.3, 0.4) is 0 Å². The van der Waals surface area contributed by atoms with Crippen molar-refractivity contribution in [1.29, 1.82) is 0 Å². The first-order valence-corrected chi connectivity index (χ1v) is 11.1. The van der Waals surface area contributed by atoms with Gasteiger partial charge in [-0.2, -0.15) is 0 Å². The van der Waals surface area contributed by atoms with Crippen LogP contribution in [0.15, 0.2) is 135 Å². The van der Waals surface area contributed by atoms with Gasteiger partial charge in [-0.3, -0.25) is 19.9 Å². The Hall–Kier alpha value is -4.62. The molecule has 0 saturated heterocycles. The molecule has 0 atom stereocenters. The number of nitrogens with zero attached hydrogens (tertiary/aromatic N) is 8. The monoisotopic (exact) mass is 572 g/mol. The molecule has 0 amide bonds. The van der Waals surface area contributed by atoms with Crippen molar-refractivity contribution in [3.05, 3.63) is 135 Å². The predicted molar refractivity (Wildman–Crippen MR) is 138 cm³/mol. The molecular formula is C28H22N8Ru+2. The zero-order valence-electron chi connectivity index (χ0n) is 19.6. The molecule has 8 nitrogen and oxygen atoms in total. The van der Waals surface area contributed by atoms with Gasteiger partial charge in [-0.05, 0) is 60.7 Å². The maximum Gasteiger partial charge on any atom is 2.00 e. The summed E-state index contributed by atoms with van der Waals surface area (Å²) in [4.78, 5) is 32.8. The summed E-state index contributed by atoms with van der Waals surface area (Å²) in [5, 5.41) is 0. The third kappa shape index (κ3) is 8.83. The van der Waals surface area contributed by atoms with Crippen LogP contribution in [0.2, 0.25) is 0 Å². The fourth-order valence-electron chi connectivity index (χ4n) is 2.89. The van der Waals surface area contributed by atoms with Crippen LogP contribution >= 0.6 is 0 Å². The number of aromatic nitrogens is 8. The molecule has 0 aliphatic heterocycles. The van der Waals surface area contributed by atoms with Crippen LogP contribution in [0.5, 0.6) is 0 Å². The van der Waals surface area contributed by atoms with E-state index in [2.05, 4.69) is 39.9 Å². The molecule has 0 unspecified atom stereocenters. The van der Waals surface area contributed by atoms with Gasteiger partial charge in [-0.15, -0.1) is 0 Å². The van der Waals surface area contributed by atoms with Gasteiger partial charge in [-0.25, -0.2) is 19.9 Å². The fourth-order valence-corrected chi connectivity index (χ4v) is 2.89. The van der Waals surface area contributed by atoms with Crippen LogP contribution in [0.1, 0.15) is 0 Å². The normalized spacial score (nSPS) is 9.41. The Morgan fingerprint density at radius 1 is 0.270 bits per heavy atom. The first-order valence-electron chi connectivity index (χ1n) is 11.1. The molecule has 0 N–H and O–H groups in total. The second-order valence-corrected chi connectivity index (χ2v) is 7.00. The van der Waals surface area contributed by atoms with Crippen LogP contribution in [0, 0.1) is 0 Å². The second-order valence-electron chi connectivity index (χ2n) is 7.00. The summed E-state index contributed by atoms with van der Waals surface area (Å²) in [5.74, 6) is 1.11. The number of rotatable bonds is 3. The van der Waals surface area contributed by atoms with Gasteiger partial charge in [0.15, 0.2) is 11.6 Å². The Kier molecular flexibility index (Phi) is 11.2. The maximum absolute atomic E-state index is 4.19. The van der Waals surface area contributed by atoms with E-state index in [1.165, 1.54) is 0 Å². The summed E-state index contributed by atoms with van der Waals surface area (Å²) in [7, 11) is 0. The van der Waals surface area contributed by atoms with Crippen molar-refractivity contribution < 1.29 is 19.5 Å². The van der Waals surface area contributed by atoms with E-state index < -0.39 is 0 Å². The third-order valence-corrected chi connectivity index (χ3v) is 4.52. The van der Waals surface area contributed by atoms with Crippen LogP contribution in [-0.4, -0.2) is 39.9 Å². The van der Waals surface area contributed by atoms with Crippen molar-refractivity contribution in [3.63, 3.8) is 0 Å². The molecule has 9 heteroatoms. The average Bonchev–Trinajstić information content (AvgIpc) is 3.01. The van der Waals surface area contributed by atoms with Crippen molar-refractivity contribution in [2.75, 3.05) is 0 Å². The summed E-state index contributed by atoms with van der Waals surface area (Å²) in [6, 6.07) is 26.7. The van der Waals surface area contributed by atoms with Crippen molar-refractivity contribution in [1.82, 2.24) is 39.9 Å². The van der Waals surface area contributed by atoms with Gasteiger partial charge < -0.3 is 0 Å². The molecule has 6 heterocycles. The molecule has 6 aromatic heterocycles. The van der Waals surface area contributed by atoms with E-state index >= 15 is 0 Å². The van der Waals surface area contributed by atoms with Crippen LogP contribution < -0.4 is 0 Å². The van der Waals surface area contributed by atoms with E-state index in [9.17, 15) is 0 Å².